The van der Waals surface area contributed by atoms with E-state index in [1.165, 1.54) is 5.39 Å². The Morgan fingerprint density at radius 2 is 0.965 bits per heavy atom. The summed E-state index contributed by atoms with van der Waals surface area (Å²) in [5, 5.41) is 4.37. The molecule has 1 aromatic heterocycles. The van der Waals surface area contributed by atoms with E-state index in [0.717, 1.165) is 106 Å². The number of nitrogens with zero attached hydrogens (tertiary/aromatic N) is 1. The SMILES string of the molecule is c1ccc(-c2cc(-c3ccccc3)c3c4c2Oc2cc5c(cc2B4c2c(ccc4ccccc24)O3)oc2cc(N(c3ccccc3)c3ccccc3)ccc25)cc1. The third kappa shape index (κ3) is 4.95. The molecule has 266 valence electrons. The third-order valence-electron chi connectivity index (χ3n) is 11.6. The Bertz CT molecular complexity index is 3140. The van der Waals surface area contributed by atoms with Crippen LogP contribution >= 0.6 is 0 Å². The molecule has 0 saturated carbocycles. The van der Waals surface area contributed by atoms with Gasteiger partial charge in [0.2, 0.25) is 0 Å². The van der Waals surface area contributed by atoms with Gasteiger partial charge in [0.05, 0.1) is 0 Å². The van der Waals surface area contributed by atoms with E-state index in [4.69, 9.17) is 13.9 Å². The summed E-state index contributed by atoms with van der Waals surface area (Å²) in [5.74, 6) is 3.32. The zero-order chi connectivity index (χ0) is 37.5. The van der Waals surface area contributed by atoms with Crippen molar-refractivity contribution in [3.63, 3.8) is 0 Å². The molecule has 0 saturated heterocycles. The van der Waals surface area contributed by atoms with Gasteiger partial charge in [-0.15, -0.1) is 0 Å². The fraction of sp³-hybridized carbons (Fsp3) is 0. The molecule has 0 amide bonds. The zero-order valence-electron chi connectivity index (χ0n) is 30.7. The summed E-state index contributed by atoms with van der Waals surface area (Å²) in [6.07, 6.45) is 0. The van der Waals surface area contributed by atoms with Crippen molar-refractivity contribution < 1.29 is 13.9 Å². The van der Waals surface area contributed by atoms with Crippen molar-refractivity contribution in [1.29, 1.82) is 0 Å². The maximum Gasteiger partial charge on any atom is 0.261 e. The molecule has 2 aliphatic heterocycles. The Morgan fingerprint density at radius 1 is 0.386 bits per heavy atom. The lowest BCUT2D eigenvalue weighted by Gasteiger charge is -2.36. The molecule has 0 aliphatic carbocycles. The van der Waals surface area contributed by atoms with Gasteiger partial charge in [-0.1, -0.05) is 127 Å². The van der Waals surface area contributed by atoms with E-state index in [1.54, 1.807) is 0 Å². The molecule has 0 atom stereocenters. The topological polar surface area (TPSA) is 34.8 Å². The minimum atomic E-state index is -0.181. The van der Waals surface area contributed by atoms with Gasteiger partial charge in [-0.2, -0.15) is 0 Å². The van der Waals surface area contributed by atoms with Crippen LogP contribution in [0.25, 0.3) is 55.0 Å². The fourth-order valence-corrected chi connectivity index (χ4v) is 9.01. The van der Waals surface area contributed by atoms with Crippen LogP contribution in [0.4, 0.5) is 17.1 Å². The maximum atomic E-state index is 7.20. The second-order valence-electron chi connectivity index (χ2n) is 14.8. The van der Waals surface area contributed by atoms with Crippen molar-refractivity contribution in [2.24, 2.45) is 0 Å². The number of para-hydroxylation sites is 2. The van der Waals surface area contributed by atoms with Crippen LogP contribution in [0.2, 0.25) is 0 Å². The summed E-state index contributed by atoms with van der Waals surface area (Å²) < 4.78 is 21.1. The lowest BCUT2D eigenvalue weighted by Crippen LogP contribution is -2.57. The molecule has 12 rings (SSSR count). The molecule has 0 spiro atoms. The van der Waals surface area contributed by atoms with Crippen LogP contribution in [0.3, 0.4) is 0 Å². The Balaban J connectivity index is 1.12. The molecule has 10 aromatic rings. The summed E-state index contributed by atoms with van der Waals surface area (Å²) in [5.41, 5.74) is 12.2. The van der Waals surface area contributed by atoms with E-state index in [-0.39, 0.29) is 6.71 Å². The highest BCUT2D eigenvalue weighted by molar-refractivity contribution is 7.00. The first kappa shape index (κ1) is 31.8. The van der Waals surface area contributed by atoms with Gasteiger partial charge in [0.25, 0.3) is 6.71 Å². The molecular weight excluding hydrogens is 697 g/mol. The number of hydrogen-bond donors (Lipinski definition) is 0. The first-order valence-corrected chi connectivity index (χ1v) is 19.4. The van der Waals surface area contributed by atoms with Gasteiger partial charge in [0.1, 0.15) is 34.2 Å². The second kappa shape index (κ2) is 12.5. The molecular formula is C52H32BNO3. The molecule has 3 heterocycles. The van der Waals surface area contributed by atoms with Crippen LogP contribution in [0.15, 0.2) is 199 Å². The van der Waals surface area contributed by atoms with Crippen molar-refractivity contribution >= 4 is 72.9 Å². The van der Waals surface area contributed by atoms with Crippen molar-refractivity contribution in [2.45, 2.75) is 0 Å². The average molecular weight is 730 g/mol. The summed E-state index contributed by atoms with van der Waals surface area (Å²) >= 11 is 0. The molecule has 5 heteroatoms. The van der Waals surface area contributed by atoms with Gasteiger partial charge in [0.15, 0.2) is 0 Å². The van der Waals surface area contributed by atoms with Gasteiger partial charge < -0.3 is 18.8 Å². The van der Waals surface area contributed by atoms with Crippen molar-refractivity contribution in [3.8, 4) is 45.3 Å². The monoisotopic (exact) mass is 729 g/mol. The Hall–Kier alpha value is -7.50. The molecule has 0 N–H and O–H groups in total. The van der Waals surface area contributed by atoms with Crippen LogP contribution in [0.1, 0.15) is 0 Å². The van der Waals surface area contributed by atoms with Crippen LogP contribution in [-0.4, -0.2) is 6.71 Å². The van der Waals surface area contributed by atoms with E-state index in [9.17, 15) is 0 Å². The molecule has 0 bridgehead atoms. The standard InChI is InChI=1S/C52H32BNO3/c1-5-15-33(16-6-1)41-30-42(34-17-7-2-8-18-34)52-50-51(41)56-45-28-25-35-19-13-14-24-39(35)49(45)53(50)44-32-47-43(31-48(44)57-52)40-27-26-38(29-46(40)55-47)54(36-20-9-3-10-21-36)37-22-11-4-12-23-37/h1-32H. The smallest absolute Gasteiger partial charge is 0.261 e. The molecule has 4 nitrogen and oxygen atoms in total. The van der Waals surface area contributed by atoms with Crippen LogP contribution in [0, 0.1) is 0 Å². The van der Waals surface area contributed by atoms with E-state index >= 15 is 0 Å². The third-order valence-corrected chi connectivity index (χ3v) is 11.6. The first-order chi connectivity index (χ1) is 28.3. The van der Waals surface area contributed by atoms with E-state index in [0.29, 0.717) is 0 Å². The van der Waals surface area contributed by atoms with Crippen LogP contribution in [0.5, 0.6) is 23.0 Å². The molecule has 0 radical (unpaired) electrons. The average Bonchev–Trinajstić information content (AvgIpc) is 3.63. The lowest BCUT2D eigenvalue weighted by atomic mass is 9.34. The van der Waals surface area contributed by atoms with Crippen molar-refractivity contribution in [3.05, 3.63) is 194 Å². The number of anilines is 3. The van der Waals surface area contributed by atoms with E-state index in [2.05, 4.69) is 187 Å². The number of ether oxygens (including phenoxy) is 2. The molecule has 0 fully saturated rings. The van der Waals surface area contributed by atoms with Crippen LogP contribution < -0.4 is 30.8 Å². The number of rotatable bonds is 5. The van der Waals surface area contributed by atoms with Gasteiger partial charge in [-0.05, 0) is 93.5 Å². The summed E-state index contributed by atoms with van der Waals surface area (Å²) in [6.45, 7) is -0.181. The number of hydrogen-bond acceptors (Lipinski definition) is 4. The largest absolute Gasteiger partial charge is 0.458 e. The molecule has 0 unspecified atom stereocenters. The number of furan rings is 1. The Kier molecular flexibility index (Phi) is 6.99. The van der Waals surface area contributed by atoms with Gasteiger partial charge in [-0.25, -0.2) is 0 Å². The lowest BCUT2D eigenvalue weighted by molar-refractivity contribution is 0.467. The normalized spacial score (nSPS) is 12.5. The van der Waals surface area contributed by atoms with E-state index in [1.807, 2.05) is 12.1 Å². The van der Waals surface area contributed by atoms with E-state index < -0.39 is 0 Å². The number of benzene rings is 9. The number of fused-ring (bicyclic) bond motifs is 9. The van der Waals surface area contributed by atoms with Gasteiger partial charge in [0, 0.05) is 50.5 Å². The predicted octanol–water partition coefficient (Wildman–Crippen LogP) is 12.3. The second-order valence-corrected chi connectivity index (χ2v) is 14.8. The highest BCUT2D eigenvalue weighted by Crippen LogP contribution is 2.48. The van der Waals surface area contributed by atoms with Gasteiger partial charge >= 0.3 is 0 Å². The molecule has 9 aromatic carbocycles. The Morgan fingerprint density at radius 3 is 1.63 bits per heavy atom. The van der Waals surface area contributed by atoms with Gasteiger partial charge in [-0.3, -0.25) is 0 Å². The molecule has 57 heavy (non-hydrogen) atoms. The van der Waals surface area contributed by atoms with Crippen LogP contribution in [-0.2, 0) is 0 Å². The molecule has 2 aliphatic rings. The Labute approximate surface area is 329 Å². The highest BCUT2D eigenvalue weighted by atomic mass is 16.5. The van der Waals surface area contributed by atoms with Crippen molar-refractivity contribution in [1.82, 2.24) is 0 Å². The first-order valence-electron chi connectivity index (χ1n) is 19.4. The fourth-order valence-electron chi connectivity index (χ4n) is 9.01. The summed E-state index contributed by atoms with van der Waals surface area (Å²) in [4.78, 5) is 2.26. The zero-order valence-corrected chi connectivity index (χ0v) is 30.7. The minimum absolute atomic E-state index is 0.181. The maximum absolute atomic E-state index is 7.20. The quantitative estimate of drug-likeness (QED) is 0.165. The highest BCUT2D eigenvalue weighted by Gasteiger charge is 2.44. The minimum Gasteiger partial charge on any atom is -0.458 e. The van der Waals surface area contributed by atoms with Crippen molar-refractivity contribution in [2.75, 3.05) is 4.90 Å². The summed E-state index contributed by atoms with van der Waals surface area (Å²) in [7, 11) is 0. The summed E-state index contributed by atoms with van der Waals surface area (Å²) in [6, 6.07) is 68.0. The predicted molar refractivity (Wildman–Crippen MR) is 234 cm³/mol.